The third-order valence-corrected chi connectivity index (χ3v) is 9.92. The second-order valence-electron chi connectivity index (χ2n) is 13.2. The summed E-state index contributed by atoms with van der Waals surface area (Å²) >= 11 is 0. The van der Waals surface area contributed by atoms with E-state index in [1.807, 2.05) is 30.3 Å². The van der Waals surface area contributed by atoms with Crippen molar-refractivity contribution in [3.63, 3.8) is 0 Å². The molecule has 53 heavy (non-hydrogen) atoms. The lowest BCUT2D eigenvalue weighted by Crippen LogP contribution is -1.98. The van der Waals surface area contributed by atoms with E-state index >= 15 is 0 Å². The van der Waals surface area contributed by atoms with Crippen LogP contribution in [-0.2, 0) is 0 Å². The molecule has 10 rings (SSSR count). The highest BCUT2D eigenvalue weighted by molar-refractivity contribution is 6.20. The summed E-state index contributed by atoms with van der Waals surface area (Å²) < 4.78 is 6.63. The summed E-state index contributed by atoms with van der Waals surface area (Å²) in [6.45, 7) is 0. The fourth-order valence-electron chi connectivity index (χ4n) is 7.27. The molecular formula is C49H31N3O. The maximum absolute atomic E-state index is 6.63. The molecule has 4 heteroatoms. The third-order valence-electron chi connectivity index (χ3n) is 9.92. The van der Waals surface area contributed by atoms with E-state index < -0.39 is 0 Å². The fraction of sp³-hybridized carbons (Fsp3) is 0. The number of benzene rings is 7. The molecule has 4 nitrogen and oxygen atoms in total. The largest absolute Gasteiger partial charge is 0.455 e. The van der Waals surface area contributed by atoms with Crippen molar-refractivity contribution in [2.24, 2.45) is 0 Å². The van der Waals surface area contributed by atoms with Gasteiger partial charge in [-0.25, -0.2) is 15.0 Å². The van der Waals surface area contributed by atoms with Crippen LogP contribution in [0.4, 0.5) is 0 Å². The van der Waals surface area contributed by atoms with Gasteiger partial charge in [0.15, 0.2) is 5.82 Å². The van der Waals surface area contributed by atoms with Crippen LogP contribution in [0.15, 0.2) is 192 Å². The van der Waals surface area contributed by atoms with E-state index in [1.165, 1.54) is 11.1 Å². The summed E-state index contributed by atoms with van der Waals surface area (Å²) in [6.07, 6.45) is 0. The van der Waals surface area contributed by atoms with Gasteiger partial charge in [0, 0.05) is 33.0 Å². The van der Waals surface area contributed by atoms with E-state index in [4.69, 9.17) is 19.4 Å². The van der Waals surface area contributed by atoms with Gasteiger partial charge >= 0.3 is 0 Å². The van der Waals surface area contributed by atoms with Crippen molar-refractivity contribution in [2.45, 2.75) is 0 Å². The highest BCUT2D eigenvalue weighted by Crippen LogP contribution is 2.42. The number of furan rings is 1. The quantitative estimate of drug-likeness (QED) is 0.176. The minimum absolute atomic E-state index is 0.648. The van der Waals surface area contributed by atoms with Gasteiger partial charge in [0.25, 0.3) is 0 Å². The van der Waals surface area contributed by atoms with E-state index in [1.54, 1.807) is 0 Å². The Morgan fingerprint density at radius 3 is 1.53 bits per heavy atom. The van der Waals surface area contributed by atoms with Crippen molar-refractivity contribution >= 4 is 32.8 Å². The van der Waals surface area contributed by atoms with E-state index in [0.717, 1.165) is 83.3 Å². The molecule has 0 aliphatic rings. The first-order valence-electron chi connectivity index (χ1n) is 17.8. The molecule has 3 heterocycles. The average Bonchev–Trinajstić information content (AvgIpc) is 3.64. The SMILES string of the molecule is c1ccc(-c2ccc(-c3cc(-c4cccc5c4nc(-c4ccccc4)c4c6ccccc6oc54)nc(-c4ccc(-c5ccccc5)cc4)n3)cc2)cc1. The van der Waals surface area contributed by atoms with Crippen LogP contribution in [0.5, 0.6) is 0 Å². The molecule has 0 N–H and O–H groups in total. The van der Waals surface area contributed by atoms with E-state index in [0.29, 0.717) is 5.82 Å². The minimum atomic E-state index is 0.648. The van der Waals surface area contributed by atoms with Crippen LogP contribution in [0.3, 0.4) is 0 Å². The van der Waals surface area contributed by atoms with Gasteiger partial charge in [-0.3, -0.25) is 0 Å². The van der Waals surface area contributed by atoms with Gasteiger partial charge in [-0.2, -0.15) is 0 Å². The molecule has 0 radical (unpaired) electrons. The lowest BCUT2D eigenvalue weighted by molar-refractivity contribution is 0.672. The Bertz CT molecular complexity index is 2800. The summed E-state index contributed by atoms with van der Waals surface area (Å²) in [5, 5.41) is 3.00. The van der Waals surface area contributed by atoms with Gasteiger partial charge in [-0.15, -0.1) is 0 Å². The van der Waals surface area contributed by atoms with Gasteiger partial charge in [-0.1, -0.05) is 170 Å². The zero-order valence-electron chi connectivity index (χ0n) is 28.6. The highest BCUT2D eigenvalue weighted by Gasteiger charge is 2.21. The lowest BCUT2D eigenvalue weighted by atomic mass is 9.98. The van der Waals surface area contributed by atoms with Gasteiger partial charge in [-0.05, 0) is 40.5 Å². The Kier molecular flexibility index (Phi) is 7.43. The molecular weight excluding hydrogens is 647 g/mol. The third kappa shape index (κ3) is 5.54. The number of fused-ring (bicyclic) bond motifs is 5. The molecule has 0 atom stereocenters. The Morgan fingerprint density at radius 1 is 0.358 bits per heavy atom. The van der Waals surface area contributed by atoms with Crippen molar-refractivity contribution in [1.29, 1.82) is 0 Å². The first kappa shape index (κ1) is 30.6. The van der Waals surface area contributed by atoms with Gasteiger partial charge in [0.2, 0.25) is 0 Å². The smallest absolute Gasteiger partial charge is 0.160 e. The van der Waals surface area contributed by atoms with E-state index in [-0.39, 0.29) is 0 Å². The van der Waals surface area contributed by atoms with E-state index in [9.17, 15) is 0 Å². The van der Waals surface area contributed by atoms with Crippen LogP contribution < -0.4 is 0 Å². The van der Waals surface area contributed by atoms with Crippen molar-refractivity contribution in [1.82, 2.24) is 15.0 Å². The van der Waals surface area contributed by atoms with Crippen LogP contribution in [0.2, 0.25) is 0 Å². The number of hydrogen-bond donors (Lipinski definition) is 0. The molecule has 0 unspecified atom stereocenters. The predicted molar refractivity (Wildman–Crippen MR) is 217 cm³/mol. The summed E-state index contributed by atoms with van der Waals surface area (Å²) in [4.78, 5) is 15.9. The minimum Gasteiger partial charge on any atom is -0.455 e. The Hall–Kier alpha value is -7.17. The first-order chi connectivity index (χ1) is 26.3. The average molecular weight is 678 g/mol. The Balaban J connectivity index is 1.19. The van der Waals surface area contributed by atoms with Crippen LogP contribution in [-0.4, -0.2) is 15.0 Å². The molecule has 0 amide bonds. The summed E-state index contributed by atoms with van der Waals surface area (Å²) in [6, 6.07) is 64.8. The van der Waals surface area contributed by atoms with Crippen molar-refractivity contribution in [2.75, 3.05) is 0 Å². The van der Waals surface area contributed by atoms with Gasteiger partial charge in [0.05, 0.1) is 28.0 Å². The van der Waals surface area contributed by atoms with Crippen LogP contribution in [0, 0.1) is 0 Å². The number of pyridine rings is 1. The number of nitrogens with zero attached hydrogens (tertiary/aromatic N) is 3. The number of hydrogen-bond acceptors (Lipinski definition) is 4. The summed E-state index contributed by atoms with van der Waals surface area (Å²) in [5.41, 5.74) is 13.5. The first-order valence-corrected chi connectivity index (χ1v) is 17.8. The molecule has 248 valence electrons. The molecule has 0 aliphatic carbocycles. The van der Waals surface area contributed by atoms with Crippen molar-refractivity contribution in [3.8, 4) is 67.4 Å². The fourth-order valence-corrected chi connectivity index (χ4v) is 7.27. The van der Waals surface area contributed by atoms with Crippen LogP contribution in [0.25, 0.3) is 100 Å². The normalized spacial score (nSPS) is 11.4. The van der Waals surface area contributed by atoms with E-state index in [2.05, 4.69) is 158 Å². The summed E-state index contributed by atoms with van der Waals surface area (Å²) in [7, 11) is 0. The van der Waals surface area contributed by atoms with Gasteiger partial charge < -0.3 is 4.42 Å². The van der Waals surface area contributed by atoms with Crippen LogP contribution in [0.1, 0.15) is 0 Å². The Labute approximate surface area is 306 Å². The second kappa shape index (κ2) is 12.9. The zero-order valence-corrected chi connectivity index (χ0v) is 28.6. The number of aromatic nitrogens is 3. The van der Waals surface area contributed by atoms with Crippen molar-refractivity contribution in [3.05, 3.63) is 188 Å². The monoisotopic (exact) mass is 677 g/mol. The van der Waals surface area contributed by atoms with Crippen molar-refractivity contribution < 1.29 is 4.42 Å². The molecule has 7 aromatic carbocycles. The predicted octanol–water partition coefficient (Wildman–Crippen LogP) is 12.9. The lowest BCUT2D eigenvalue weighted by Gasteiger charge is -2.13. The van der Waals surface area contributed by atoms with Gasteiger partial charge in [0.1, 0.15) is 11.2 Å². The zero-order chi connectivity index (χ0) is 35.1. The molecule has 0 bridgehead atoms. The molecule has 10 aromatic rings. The standard InChI is InChI=1S/C49H31N3O/c1-4-13-32(14-5-1)34-23-27-36(28-24-34)42-31-43(51-49(50-42)38-29-25-35(26-30-38)33-15-6-2-7-16-33)39-20-12-21-41-47(39)52-46(37-17-8-3-9-18-37)45-40-19-10-11-22-44(40)53-48(41)45/h1-31H. The highest BCUT2D eigenvalue weighted by atomic mass is 16.3. The molecule has 0 spiro atoms. The maximum atomic E-state index is 6.63. The molecule has 0 saturated carbocycles. The molecule has 0 aliphatic heterocycles. The molecule has 0 saturated heterocycles. The van der Waals surface area contributed by atoms with Crippen LogP contribution >= 0.6 is 0 Å². The number of rotatable bonds is 6. The Morgan fingerprint density at radius 2 is 0.868 bits per heavy atom. The summed E-state index contributed by atoms with van der Waals surface area (Å²) in [5.74, 6) is 0.648. The molecule has 0 fully saturated rings. The topological polar surface area (TPSA) is 51.8 Å². The second-order valence-corrected chi connectivity index (χ2v) is 13.2. The molecule has 3 aromatic heterocycles. The maximum Gasteiger partial charge on any atom is 0.160 e. The number of para-hydroxylation sites is 2.